The van der Waals surface area contributed by atoms with E-state index >= 15 is 0 Å². The molecular formula is C21H27N7O6. The smallest absolute Gasteiger partial charge is 0.358 e. The highest BCUT2D eigenvalue weighted by molar-refractivity contribution is 5.88. The van der Waals surface area contributed by atoms with Crippen LogP contribution < -0.4 is 0 Å². The number of carbonyl (C=O) groups is 3. The number of nitrogens with zero attached hydrogens (tertiary/aromatic N) is 7. The molecule has 0 atom stereocenters. The van der Waals surface area contributed by atoms with Crippen molar-refractivity contribution in [3.8, 4) is 0 Å². The summed E-state index contributed by atoms with van der Waals surface area (Å²) in [4.78, 5) is 37.6. The van der Waals surface area contributed by atoms with Gasteiger partial charge in [0.2, 0.25) is 0 Å². The maximum atomic E-state index is 11.9. The molecule has 0 saturated carbocycles. The third kappa shape index (κ3) is 5.31. The van der Waals surface area contributed by atoms with Crippen LogP contribution in [0.3, 0.4) is 0 Å². The van der Waals surface area contributed by atoms with Gasteiger partial charge in [0.1, 0.15) is 0 Å². The fourth-order valence-electron chi connectivity index (χ4n) is 3.28. The van der Waals surface area contributed by atoms with E-state index in [1.54, 1.807) is 32.2 Å². The lowest BCUT2D eigenvalue weighted by Crippen LogP contribution is -2.33. The van der Waals surface area contributed by atoms with Gasteiger partial charge in [-0.2, -0.15) is 15.3 Å². The summed E-state index contributed by atoms with van der Waals surface area (Å²) in [5, 5.41) is 13.0. The van der Waals surface area contributed by atoms with Crippen LogP contribution >= 0.6 is 0 Å². The molecule has 0 aliphatic carbocycles. The van der Waals surface area contributed by atoms with E-state index in [-0.39, 0.29) is 37.1 Å². The van der Waals surface area contributed by atoms with Gasteiger partial charge in [0, 0.05) is 17.1 Å². The van der Waals surface area contributed by atoms with Crippen LogP contribution in [0.15, 0.2) is 18.2 Å². The minimum Gasteiger partial charge on any atom is -0.464 e. The monoisotopic (exact) mass is 473 g/mol. The normalized spacial score (nSPS) is 11.0. The van der Waals surface area contributed by atoms with Crippen molar-refractivity contribution >= 4 is 17.9 Å². The molecule has 0 fully saturated rings. The van der Waals surface area contributed by atoms with Crippen molar-refractivity contribution in [2.75, 3.05) is 21.3 Å². The lowest BCUT2D eigenvalue weighted by molar-refractivity contribution is 0.0584. The average Bonchev–Trinajstić information content (AvgIpc) is 3.49. The predicted octanol–water partition coefficient (Wildman–Crippen LogP) is 1.14. The highest BCUT2D eigenvalue weighted by Crippen LogP contribution is 2.12. The molecule has 13 heteroatoms. The number of aryl methyl sites for hydroxylation is 3. The summed E-state index contributed by atoms with van der Waals surface area (Å²) in [6.07, 6.45) is 0. The molecule has 0 radical (unpaired) electrons. The first kappa shape index (κ1) is 24.6. The Morgan fingerprint density at radius 1 is 0.647 bits per heavy atom. The van der Waals surface area contributed by atoms with E-state index in [0.717, 1.165) is 17.1 Å². The third-order valence-electron chi connectivity index (χ3n) is 5.13. The Morgan fingerprint density at radius 2 is 0.912 bits per heavy atom. The van der Waals surface area contributed by atoms with Gasteiger partial charge in [-0.25, -0.2) is 19.3 Å². The number of esters is 3. The van der Waals surface area contributed by atoms with Gasteiger partial charge in [0.05, 0.1) is 41.3 Å². The van der Waals surface area contributed by atoms with Crippen molar-refractivity contribution in [2.24, 2.45) is 0 Å². The van der Waals surface area contributed by atoms with Gasteiger partial charge in [-0.1, -0.05) is 0 Å². The fraction of sp³-hybridized carbons (Fsp3) is 0.429. The van der Waals surface area contributed by atoms with Crippen LogP contribution in [-0.2, 0) is 34.2 Å². The first-order chi connectivity index (χ1) is 16.2. The number of hydrogen-bond donors (Lipinski definition) is 0. The maximum absolute atomic E-state index is 11.9. The van der Waals surface area contributed by atoms with Crippen molar-refractivity contribution in [1.82, 2.24) is 34.2 Å². The van der Waals surface area contributed by atoms with Gasteiger partial charge in [-0.15, -0.1) is 0 Å². The SMILES string of the molecule is COC(=O)c1cc(C)n(CN(Cn2nc(C(=O)OC)cc2C)Cn2nc(C(=O)OC)cc2C)n1. The zero-order valence-electron chi connectivity index (χ0n) is 19.9. The van der Waals surface area contributed by atoms with Crippen LogP contribution in [0.2, 0.25) is 0 Å². The summed E-state index contributed by atoms with van der Waals surface area (Å²) in [6.45, 7) is 6.22. The van der Waals surface area contributed by atoms with E-state index in [2.05, 4.69) is 15.3 Å². The molecule has 0 N–H and O–H groups in total. The summed E-state index contributed by atoms with van der Waals surface area (Å²) >= 11 is 0. The minimum atomic E-state index is -0.537. The van der Waals surface area contributed by atoms with Crippen LogP contribution in [0.4, 0.5) is 0 Å². The molecule has 0 saturated heterocycles. The molecule has 0 aliphatic rings. The van der Waals surface area contributed by atoms with Crippen LogP contribution in [-0.4, -0.2) is 73.5 Å². The predicted molar refractivity (Wildman–Crippen MR) is 117 cm³/mol. The van der Waals surface area contributed by atoms with Gasteiger partial charge in [0.25, 0.3) is 0 Å². The van der Waals surface area contributed by atoms with Crippen molar-refractivity contribution in [3.63, 3.8) is 0 Å². The zero-order valence-corrected chi connectivity index (χ0v) is 19.9. The van der Waals surface area contributed by atoms with Gasteiger partial charge in [-0.3, -0.25) is 14.0 Å². The summed E-state index contributed by atoms with van der Waals surface area (Å²) in [7, 11) is 3.88. The highest BCUT2D eigenvalue weighted by atomic mass is 16.5. The molecule has 3 heterocycles. The summed E-state index contributed by atoms with van der Waals surface area (Å²) in [5.41, 5.74) is 2.78. The summed E-state index contributed by atoms with van der Waals surface area (Å²) in [5.74, 6) is -1.61. The Bertz CT molecular complexity index is 1060. The molecular weight excluding hydrogens is 446 g/mol. The molecule has 3 aromatic rings. The van der Waals surface area contributed by atoms with Crippen LogP contribution in [0.25, 0.3) is 0 Å². The molecule has 34 heavy (non-hydrogen) atoms. The number of ether oxygens (including phenoxy) is 3. The molecule has 0 aliphatic heterocycles. The highest BCUT2D eigenvalue weighted by Gasteiger charge is 2.20. The lowest BCUT2D eigenvalue weighted by Gasteiger charge is -2.24. The number of aromatic nitrogens is 6. The largest absolute Gasteiger partial charge is 0.464 e. The second kappa shape index (κ2) is 10.3. The first-order valence-electron chi connectivity index (χ1n) is 10.3. The van der Waals surface area contributed by atoms with Crippen molar-refractivity contribution in [1.29, 1.82) is 0 Å². The lowest BCUT2D eigenvalue weighted by atomic mass is 10.4. The van der Waals surface area contributed by atoms with E-state index in [4.69, 9.17) is 14.2 Å². The Labute approximate surface area is 195 Å². The third-order valence-corrected chi connectivity index (χ3v) is 5.13. The van der Waals surface area contributed by atoms with Crippen molar-refractivity contribution in [3.05, 3.63) is 52.4 Å². The van der Waals surface area contributed by atoms with Gasteiger partial charge in [-0.05, 0) is 39.0 Å². The van der Waals surface area contributed by atoms with Gasteiger partial charge >= 0.3 is 17.9 Å². The molecule has 0 amide bonds. The Hall–Kier alpha value is -4.00. The summed E-state index contributed by atoms with van der Waals surface area (Å²) < 4.78 is 19.2. The minimum absolute atomic E-state index is 0.187. The molecule has 13 nitrogen and oxygen atoms in total. The van der Waals surface area contributed by atoms with Crippen LogP contribution in [0, 0.1) is 20.8 Å². The number of hydrogen-bond acceptors (Lipinski definition) is 10. The molecule has 3 aromatic heterocycles. The van der Waals surface area contributed by atoms with E-state index in [1.807, 2.05) is 25.7 Å². The standard InChI is InChI=1S/C21H27N7O6/c1-13-7-16(19(29)32-4)22-26(13)10-25(11-27-14(2)8-17(23-27)20(30)33-5)12-28-15(3)9-18(24-28)21(31)34-6/h7-9H,10-12H2,1-6H3. The number of carbonyl (C=O) groups excluding carboxylic acids is 3. The molecule has 3 rings (SSSR count). The Kier molecular flexibility index (Phi) is 7.46. The Balaban J connectivity index is 1.92. The molecule has 182 valence electrons. The molecule has 0 bridgehead atoms. The van der Waals surface area contributed by atoms with Crippen molar-refractivity contribution < 1.29 is 28.6 Å². The zero-order chi connectivity index (χ0) is 25.0. The average molecular weight is 473 g/mol. The van der Waals surface area contributed by atoms with E-state index < -0.39 is 17.9 Å². The van der Waals surface area contributed by atoms with Crippen LogP contribution in [0.1, 0.15) is 48.5 Å². The topological polar surface area (TPSA) is 136 Å². The molecule has 0 spiro atoms. The van der Waals surface area contributed by atoms with Crippen molar-refractivity contribution in [2.45, 2.75) is 40.8 Å². The van der Waals surface area contributed by atoms with E-state index in [9.17, 15) is 14.4 Å². The summed E-state index contributed by atoms with van der Waals surface area (Å²) in [6, 6.07) is 4.90. The van der Waals surface area contributed by atoms with E-state index in [1.165, 1.54) is 21.3 Å². The maximum Gasteiger partial charge on any atom is 0.358 e. The van der Waals surface area contributed by atoms with Crippen LogP contribution in [0.5, 0.6) is 0 Å². The number of methoxy groups -OCH3 is 3. The Morgan fingerprint density at radius 3 is 1.15 bits per heavy atom. The second-order valence-electron chi connectivity index (χ2n) is 7.58. The fourth-order valence-corrected chi connectivity index (χ4v) is 3.28. The molecule has 0 unspecified atom stereocenters. The molecule has 0 aromatic carbocycles. The van der Waals surface area contributed by atoms with E-state index in [0.29, 0.717) is 0 Å². The van der Waals surface area contributed by atoms with Gasteiger partial charge in [0.15, 0.2) is 17.1 Å². The number of rotatable bonds is 9. The van der Waals surface area contributed by atoms with Gasteiger partial charge < -0.3 is 14.2 Å². The second-order valence-corrected chi connectivity index (χ2v) is 7.58. The first-order valence-corrected chi connectivity index (χ1v) is 10.3. The quantitative estimate of drug-likeness (QED) is 0.329.